The molecule has 0 aliphatic carbocycles. The fraction of sp³-hybridized carbons (Fsp3) is 0.391. The number of Topliss-reactive ketones (excluding diaryl/α,β-unsaturated/α-hetero) is 1. The summed E-state index contributed by atoms with van der Waals surface area (Å²) in [5, 5.41) is 3.21. The number of carbonyl (C=O) groups excluding carboxylic acids is 2. The monoisotopic (exact) mass is 378 g/mol. The first kappa shape index (κ1) is 18.7. The van der Waals surface area contributed by atoms with E-state index in [4.69, 9.17) is 4.74 Å². The maximum atomic E-state index is 12.7. The van der Waals surface area contributed by atoms with Crippen LogP contribution in [0.15, 0.2) is 48.5 Å². The van der Waals surface area contributed by atoms with Gasteiger partial charge in [-0.1, -0.05) is 12.1 Å². The van der Waals surface area contributed by atoms with Crippen LogP contribution in [0.2, 0.25) is 0 Å². The summed E-state index contributed by atoms with van der Waals surface area (Å²) in [6, 6.07) is 15.1. The number of ketones is 1. The summed E-state index contributed by atoms with van der Waals surface area (Å²) in [6.07, 6.45) is 2.32. The molecule has 4 unspecified atom stereocenters. The minimum atomic E-state index is -0.0431. The van der Waals surface area contributed by atoms with E-state index in [1.165, 1.54) is 6.92 Å². The van der Waals surface area contributed by atoms with Gasteiger partial charge in [0.05, 0.1) is 5.56 Å². The summed E-state index contributed by atoms with van der Waals surface area (Å²) in [6.45, 7) is 5.88. The third kappa shape index (κ3) is 3.80. The highest BCUT2D eigenvalue weighted by Crippen LogP contribution is 2.32. The Kier molecular flexibility index (Phi) is 5.18. The molecule has 1 N–H and O–H groups in total. The van der Waals surface area contributed by atoms with Crippen molar-refractivity contribution in [1.82, 2.24) is 10.2 Å². The van der Waals surface area contributed by atoms with Gasteiger partial charge >= 0.3 is 0 Å². The number of hydrogen-bond donors (Lipinski definition) is 1. The molecule has 0 saturated carbocycles. The van der Waals surface area contributed by atoms with E-state index in [2.05, 4.69) is 17.1 Å². The molecule has 3 saturated heterocycles. The third-order valence-corrected chi connectivity index (χ3v) is 5.98. The van der Waals surface area contributed by atoms with E-state index in [0.29, 0.717) is 34.6 Å². The second-order valence-electron chi connectivity index (χ2n) is 7.89. The molecule has 0 radical (unpaired) electrons. The van der Waals surface area contributed by atoms with Crippen LogP contribution in [0.4, 0.5) is 0 Å². The largest absolute Gasteiger partial charge is 0.457 e. The lowest BCUT2D eigenvalue weighted by Crippen LogP contribution is -2.60. The lowest BCUT2D eigenvalue weighted by Gasteiger charge is -2.48. The summed E-state index contributed by atoms with van der Waals surface area (Å²) < 4.78 is 5.85. The van der Waals surface area contributed by atoms with E-state index >= 15 is 0 Å². The van der Waals surface area contributed by atoms with Crippen molar-refractivity contribution >= 4 is 11.7 Å². The van der Waals surface area contributed by atoms with Crippen molar-refractivity contribution in [3.8, 4) is 11.5 Å². The maximum absolute atomic E-state index is 12.7. The van der Waals surface area contributed by atoms with Crippen molar-refractivity contribution < 1.29 is 14.3 Å². The first-order valence-corrected chi connectivity index (χ1v) is 9.94. The Hall–Kier alpha value is -2.66. The minimum Gasteiger partial charge on any atom is -0.457 e. The molecule has 2 aromatic carbocycles. The lowest BCUT2D eigenvalue weighted by atomic mass is 9.80. The van der Waals surface area contributed by atoms with Crippen molar-refractivity contribution in [2.24, 2.45) is 5.92 Å². The van der Waals surface area contributed by atoms with E-state index in [9.17, 15) is 9.59 Å². The summed E-state index contributed by atoms with van der Waals surface area (Å²) in [7, 11) is 0. The molecule has 5 heteroatoms. The Morgan fingerprint density at radius 1 is 1.11 bits per heavy atom. The highest BCUT2D eigenvalue weighted by Gasteiger charge is 2.38. The Labute approximate surface area is 165 Å². The van der Waals surface area contributed by atoms with Gasteiger partial charge in [-0.2, -0.15) is 0 Å². The van der Waals surface area contributed by atoms with Crippen LogP contribution >= 0.6 is 0 Å². The number of hydrogen-bond acceptors (Lipinski definition) is 4. The molecular weight excluding hydrogens is 352 g/mol. The zero-order valence-corrected chi connectivity index (χ0v) is 16.4. The van der Waals surface area contributed by atoms with Gasteiger partial charge in [0, 0.05) is 24.2 Å². The molecule has 3 heterocycles. The summed E-state index contributed by atoms with van der Waals surface area (Å²) in [5.74, 6) is 1.62. The quantitative estimate of drug-likeness (QED) is 0.802. The van der Waals surface area contributed by atoms with Crippen LogP contribution in [0.3, 0.4) is 0 Å². The van der Waals surface area contributed by atoms with Crippen LogP contribution in [-0.4, -0.2) is 41.8 Å². The van der Waals surface area contributed by atoms with Gasteiger partial charge in [0.15, 0.2) is 5.78 Å². The number of nitrogens with zero attached hydrogens (tertiary/aromatic N) is 1. The molecule has 3 aliphatic heterocycles. The second-order valence-corrected chi connectivity index (χ2v) is 7.89. The van der Waals surface area contributed by atoms with E-state index in [-0.39, 0.29) is 17.7 Å². The van der Waals surface area contributed by atoms with Gasteiger partial charge in [0.2, 0.25) is 0 Å². The molecular formula is C23H26N2O3. The van der Waals surface area contributed by atoms with E-state index in [0.717, 1.165) is 25.9 Å². The number of nitrogens with one attached hydrogen (secondary N) is 1. The zero-order chi connectivity index (χ0) is 19.7. The normalized spacial score (nSPS) is 25.9. The minimum absolute atomic E-state index is 0.0397. The number of amides is 1. The molecule has 2 aromatic rings. The summed E-state index contributed by atoms with van der Waals surface area (Å²) in [5.41, 5.74) is 1.16. The number of rotatable bonds is 5. The van der Waals surface area contributed by atoms with Crippen molar-refractivity contribution in [2.75, 3.05) is 13.1 Å². The predicted octanol–water partition coefficient (Wildman–Crippen LogP) is 3.89. The first-order chi connectivity index (χ1) is 13.5. The number of ether oxygens (including phenoxy) is 1. The maximum Gasteiger partial charge on any atom is 0.251 e. The fourth-order valence-electron chi connectivity index (χ4n) is 4.36. The molecule has 5 nitrogen and oxygen atoms in total. The molecule has 4 atom stereocenters. The zero-order valence-electron chi connectivity index (χ0n) is 16.4. The van der Waals surface area contributed by atoms with Crippen LogP contribution in [0.1, 0.15) is 47.4 Å². The predicted molar refractivity (Wildman–Crippen MR) is 108 cm³/mol. The summed E-state index contributed by atoms with van der Waals surface area (Å²) in [4.78, 5) is 26.9. The molecule has 3 fully saturated rings. The molecule has 146 valence electrons. The van der Waals surface area contributed by atoms with Gasteiger partial charge in [-0.05, 0) is 75.5 Å². The molecule has 0 spiro atoms. The number of para-hydroxylation sites is 1. The molecule has 5 rings (SSSR count). The number of piperidine rings is 3. The topological polar surface area (TPSA) is 58.6 Å². The highest BCUT2D eigenvalue weighted by molar-refractivity contribution is 5.97. The Morgan fingerprint density at radius 3 is 2.50 bits per heavy atom. The van der Waals surface area contributed by atoms with E-state index in [1.807, 2.05) is 12.1 Å². The van der Waals surface area contributed by atoms with Crippen molar-refractivity contribution in [1.29, 1.82) is 0 Å². The van der Waals surface area contributed by atoms with Gasteiger partial charge in [0.25, 0.3) is 5.91 Å². The fourth-order valence-corrected chi connectivity index (χ4v) is 4.36. The van der Waals surface area contributed by atoms with Gasteiger partial charge < -0.3 is 10.1 Å². The van der Waals surface area contributed by atoms with Gasteiger partial charge in [-0.25, -0.2) is 0 Å². The number of benzene rings is 2. The second kappa shape index (κ2) is 7.76. The summed E-state index contributed by atoms with van der Waals surface area (Å²) >= 11 is 0. The van der Waals surface area contributed by atoms with E-state index in [1.54, 1.807) is 36.4 Å². The van der Waals surface area contributed by atoms with Gasteiger partial charge in [-0.15, -0.1) is 0 Å². The van der Waals surface area contributed by atoms with Crippen LogP contribution in [0.5, 0.6) is 11.5 Å². The third-order valence-electron chi connectivity index (χ3n) is 5.98. The SMILES string of the molecule is CC(=O)c1ccccc1Oc1ccc(C(=O)NC2CN3CCC2CC3C)cc1. The molecule has 1 amide bonds. The molecule has 3 aliphatic rings. The standard InChI is InChI=1S/C23H26N2O3/c1-15-13-18-11-12-25(15)14-21(18)24-23(27)17-7-9-19(10-8-17)28-22-6-4-3-5-20(22)16(2)26/h3-10,15,18,21H,11-14H2,1-2H3,(H,24,27). The Bertz CT molecular complexity index is 878. The van der Waals surface area contributed by atoms with E-state index < -0.39 is 0 Å². The van der Waals surface area contributed by atoms with Crippen LogP contribution in [0, 0.1) is 5.92 Å². The number of fused-ring (bicyclic) bond motifs is 3. The first-order valence-electron chi connectivity index (χ1n) is 9.94. The van der Waals surface area contributed by atoms with Crippen molar-refractivity contribution in [3.63, 3.8) is 0 Å². The highest BCUT2D eigenvalue weighted by atomic mass is 16.5. The average Bonchev–Trinajstić information content (AvgIpc) is 2.70. The molecule has 0 aromatic heterocycles. The smallest absolute Gasteiger partial charge is 0.251 e. The van der Waals surface area contributed by atoms with Crippen LogP contribution in [0.25, 0.3) is 0 Å². The average molecular weight is 378 g/mol. The van der Waals surface area contributed by atoms with Crippen molar-refractivity contribution in [3.05, 3.63) is 59.7 Å². The number of carbonyl (C=O) groups is 2. The van der Waals surface area contributed by atoms with Crippen molar-refractivity contribution in [2.45, 2.75) is 38.8 Å². The Balaban J connectivity index is 1.41. The van der Waals surface area contributed by atoms with Crippen LogP contribution in [-0.2, 0) is 0 Å². The lowest BCUT2D eigenvalue weighted by molar-refractivity contribution is 0.0274. The van der Waals surface area contributed by atoms with Gasteiger partial charge in [0.1, 0.15) is 11.5 Å². The molecule has 28 heavy (non-hydrogen) atoms. The Morgan fingerprint density at radius 2 is 1.86 bits per heavy atom. The van der Waals surface area contributed by atoms with Crippen LogP contribution < -0.4 is 10.1 Å². The molecule has 2 bridgehead atoms. The van der Waals surface area contributed by atoms with Gasteiger partial charge in [-0.3, -0.25) is 14.5 Å².